The number of hydrogen-bond donors (Lipinski definition) is 1. The Labute approximate surface area is 59.7 Å². The summed E-state index contributed by atoms with van der Waals surface area (Å²) in [5.41, 5.74) is 0.857. The zero-order chi connectivity index (χ0) is 7.56. The lowest BCUT2D eigenvalue weighted by atomic mass is 10.2. The summed E-state index contributed by atoms with van der Waals surface area (Å²) in [5.74, 6) is 0.743. The van der Waals surface area contributed by atoms with E-state index in [0.29, 0.717) is 6.42 Å². The van der Waals surface area contributed by atoms with Crippen molar-refractivity contribution in [2.24, 2.45) is 0 Å². The van der Waals surface area contributed by atoms with Gasteiger partial charge in [-0.25, -0.2) is 0 Å². The van der Waals surface area contributed by atoms with E-state index in [1.807, 2.05) is 13.0 Å². The largest absolute Gasteiger partial charge is 0.393 e. The van der Waals surface area contributed by atoms with Crippen LogP contribution in [-0.2, 0) is 6.42 Å². The number of rotatable bonds is 2. The molecule has 3 nitrogen and oxygen atoms in total. The third-order valence-electron chi connectivity index (χ3n) is 1.17. The van der Waals surface area contributed by atoms with Crippen LogP contribution in [0.5, 0.6) is 0 Å². The van der Waals surface area contributed by atoms with Gasteiger partial charge in [0.1, 0.15) is 5.76 Å². The minimum Gasteiger partial charge on any atom is -0.393 e. The molecule has 56 valence electrons. The van der Waals surface area contributed by atoms with E-state index in [2.05, 4.69) is 5.16 Å². The Morgan fingerprint density at radius 1 is 1.80 bits per heavy atom. The van der Waals surface area contributed by atoms with Crippen LogP contribution in [0, 0.1) is 6.92 Å². The van der Waals surface area contributed by atoms with Gasteiger partial charge in [-0.3, -0.25) is 0 Å². The summed E-state index contributed by atoms with van der Waals surface area (Å²) < 4.78 is 4.87. The monoisotopic (exact) mass is 141 g/mol. The molecule has 1 aromatic rings. The second-order valence-corrected chi connectivity index (χ2v) is 2.49. The van der Waals surface area contributed by atoms with Gasteiger partial charge in [-0.2, -0.15) is 0 Å². The van der Waals surface area contributed by atoms with Crippen LogP contribution in [0.15, 0.2) is 10.6 Å². The van der Waals surface area contributed by atoms with Gasteiger partial charge in [-0.05, 0) is 13.8 Å². The molecule has 10 heavy (non-hydrogen) atoms. The second kappa shape index (κ2) is 2.84. The quantitative estimate of drug-likeness (QED) is 0.665. The molecule has 0 aliphatic rings. The molecule has 0 amide bonds. The summed E-state index contributed by atoms with van der Waals surface area (Å²) in [4.78, 5) is 0. The number of nitrogens with zero attached hydrogens (tertiary/aromatic N) is 1. The molecule has 1 N–H and O–H groups in total. The van der Waals surface area contributed by atoms with Crippen LogP contribution in [0.2, 0.25) is 0 Å². The van der Waals surface area contributed by atoms with Crippen molar-refractivity contribution in [1.29, 1.82) is 0 Å². The highest BCUT2D eigenvalue weighted by Crippen LogP contribution is 2.04. The predicted molar refractivity (Wildman–Crippen MR) is 36.6 cm³/mol. The first-order chi connectivity index (χ1) is 4.68. The SMILES string of the molecule is Cc1cc(C[C@@H](C)O)on1. The van der Waals surface area contributed by atoms with Crippen LogP contribution < -0.4 is 0 Å². The average Bonchev–Trinajstić information content (AvgIpc) is 2.13. The molecule has 0 saturated heterocycles. The summed E-state index contributed by atoms with van der Waals surface area (Å²) in [6.07, 6.45) is 0.188. The molecule has 0 aliphatic carbocycles. The first-order valence-corrected chi connectivity index (χ1v) is 3.29. The molecule has 0 fully saturated rings. The van der Waals surface area contributed by atoms with Crippen LogP contribution in [0.4, 0.5) is 0 Å². The van der Waals surface area contributed by atoms with Crippen molar-refractivity contribution in [2.45, 2.75) is 26.4 Å². The lowest BCUT2D eigenvalue weighted by Gasteiger charge is -1.96. The first kappa shape index (κ1) is 7.28. The van der Waals surface area contributed by atoms with Crippen molar-refractivity contribution in [2.75, 3.05) is 0 Å². The molecule has 3 heteroatoms. The maximum Gasteiger partial charge on any atom is 0.139 e. The Kier molecular flexibility index (Phi) is 2.06. The van der Waals surface area contributed by atoms with Gasteiger partial charge in [0.25, 0.3) is 0 Å². The van der Waals surface area contributed by atoms with Crippen molar-refractivity contribution in [3.05, 3.63) is 17.5 Å². The smallest absolute Gasteiger partial charge is 0.139 e. The van der Waals surface area contributed by atoms with Crippen LogP contribution in [-0.4, -0.2) is 16.4 Å². The number of aryl methyl sites for hydroxylation is 1. The minimum absolute atomic E-state index is 0.354. The summed E-state index contributed by atoms with van der Waals surface area (Å²) in [6.45, 7) is 3.58. The van der Waals surface area contributed by atoms with Crippen molar-refractivity contribution in [3.8, 4) is 0 Å². The van der Waals surface area contributed by atoms with E-state index in [9.17, 15) is 0 Å². The standard InChI is InChI=1S/C7H11NO2/c1-5-3-7(10-8-5)4-6(2)9/h3,6,9H,4H2,1-2H3/t6-/m1/s1. The molecular formula is C7H11NO2. The lowest BCUT2D eigenvalue weighted by Crippen LogP contribution is -2.02. The number of aliphatic hydroxyl groups is 1. The predicted octanol–water partition coefficient (Wildman–Crippen LogP) is 0.906. The fraction of sp³-hybridized carbons (Fsp3) is 0.571. The molecule has 0 unspecified atom stereocenters. The minimum atomic E-state index is -0.354. The highest BCUT2D eigenvalue weighted by atomic mass is 16.5. The number of aromatic nitrogens is 1. The zero-order valence-corrected chi connectivity index (χ0v) is 6.16. The Morgan fingerprint density at radius 2 is 2.50 bits per heavy atom. The van der Waals surface area contributed by atoms with Crippen molar-refractivity contribution in [3.63, 3.8) is 0 Å². The molecule has 1 aromatic heterocycles. The highest BCUT2D eigenvalue weighted by molar-refractivity contribution is 5.03. The Morgan fingerprint density at radius 3 is 2.90 bits per heavy atom. The van der Waals surface area contributed by atoms with Crippen LogP contribution >= 0.6 is 0 Å². The summed E-state index contributed by atoms with van der Waals surface area (Å²) in [6, 6.07) is 1.83. The van der Waals surface area contributed by atoms with Gasteiger partial charge in [0.2, 0.25) is 0 Å². The lowest BCUT2D eigenvalue weighted by molar-refractivity contribution is 0.183. The van der Waals surface area contributed by atoms with Gasteiger partial charge < -0.3 is 9.63 Å². The molecule has 1 rings (SSSR count). The zero-order valence-electron chi connectivity index (χ0n) is 6.16. The van der Waals surface area contributed by atoms with Crippen molar-refractivity contribution >= 4 is 0 Å². The van der Waals surface area contributed by atoms with Gasteiger partial charge in [-0.15, -0.1) is 0 Å². The fourth-order valence-corrected chi connectivity index (χ4v) is 0.804. The third-order valence-corrected chi connectivity index (χ3v) is 1.17. The normalized spacial score (nSPS) is 13.5. The van der Waals surface area contributed by atoms with Crippen LogP contribution in [0.3, 0.4) is 0 Å². The molecule has 1 heterocycles. The maximum atomic E-state index is 8.93. The van der Waals surface area contributed by atoms with Crippen LogP contribution in [0.1, 0.15) is 18.4 Å². The number of aliphatic hydroxyl groups excluding tert-OH is 1. The number of hydrogen-bond acceptors (Lipinski definition) is 3. The summed E-state index contributed by atoms with van der Waals surface area (Å²) in [5, 5.41) is 12.6. The Balaban J connectivity index is 2.58. The van der Waals surface area contributed by atoms with Gasteiger partial charge >= 0.3 is 0 Å². The van der Waals surface area contributed by atoms with Crippen molar-refractivity contribution in [1.82, 2.24) is 5.16 Å². The molecule has 0 aromatic carbocycles. The molecule has 0 spiro atoms. The van der Waals surface area contributed by atoms with E-state index in [4.69, 9.17) is 9.63 Å². The molecule has 1 atom stereocenters. The second-order valence-electron chi connectivity index (χ2n) is 2.49. The van der Waals surface area contributed by atoms with Crippen LogP contribution in [0.25, 0.3) is 0 Å². The van der Waals surface area contributed by atoms with E-state index in [1.54, 1.807) is 6.92 Å². The molecule has 0 saturated carbocycles. The van der Waals surface area contributed by atoms with Gasteiger partial charge in [0.15, 0.2) is 0 Å². The molecule has 0 bridgehead atoms. The van der Waals surface area contributed by atoms with Gasteiger partial charge in [-0.1, -0.05) is 5.16 Å². The highest BCUT2D eigenvalue weighted by Gasteiger charge is 2.03. The third kappa shape index (κ3) is 1.84. The molecular weight excluding hydrogens is 130 g/mol. The van der Waals surface area contributed by atoms with Gasteiger partial charge in [0.05, 0.1) is 11.8 Å². The van der Waals surface area contributed by atoms with E-state index in [0.717, 1.165) is 11.5 Å². The Hall–Kier alpha value is -0.830. The summed E-state index contributed by atoms with van der Waals surface area (Å²) in [7, 11) is 0. The fourth-order valence-electron chi connectivity index (χ4n) is 0.804. The average molecular weight is 141 g/mol. The molecule has 0 aliphatic heterocycles. The van der Waals surface area contributed by atoms with E-state index in [1.165, 1.54) is 0 Å². The van der Waals surface area contributed by atoms with Crippen molar-refractivity contribution < 1.29 is 9.63 Å². The van der Waals surface area contributed by atoms with E-state index in [-0.39, 0.29) is 6.10 Å². The Bertz CT molecular complexity index is 205. The first-order valence-electron chi connectivity index (χ1n) is 3.29. The topological polar surface area (TPSA) is 46.3 Å². The van der Waals surface area contributed by atoms with E-state index < -0.39 is 0 Å². The summed E-state index contributed by atoms with van der Waals surface area (Å²) >= 11 is 0. The molecule has 0 radical (unpaired) electrons. The van der Waals surface area contributed by atoms with E-state index >= 15 is 0 Å². The van der Waals surface area contributed by atoms with Gasteiger partial charge in [0, 0.05) is 12.5 Å². The maximum absolute atomic E-state index is 8.93.